The minimum atomic E-state index is -0.0700. The van der Waals surface area contributed by atoms with Crippen molar-refractivity contribution < 1.29 is 14.3 Å². The lowest BCUT2D eigenvalue weighted by Crippen LogP contribution is -2.49. The van der Waals surface area contributed by atoms with E-state index in [-0.39, 0.29) is 5.91 Å². The summed E-state index contributed by atoms with van der Waals surface area (Å²) < 4.78 is 12.8. The van der Waals surface area contributed by atoms with Gasteiger partial charge in [-0.25, -0.2) is 4.68 Å². The van der Waals surface area contributed by atoms with Crippen LogP contribution in [0, 0.1) is 0 Å². The van der Waals surface area contributed by atoms with E-state index < -0.39 is 0 Å². The minimum Gasteiger partial charge on any atom is -0.497 e. The molecule has 0 saturated carbocycles. The first kappa shape index (κ1) is 24.7. The summed E-state index contributed by atoms with van der Waals surface area (Å²) in [7, 11) is 1.62. The number of para-hydroxylation sites is 2. The molecule has 190 valence electrons. The zero-order valence-electron chi connectivity index (χ0n) is 20.9. The third-order valence-electron chi connectivity index (χ3n) is 6.47. The molecule has 8 heteroatoms. The number of amides is 1. The van der Waals surface area contributed by atoms with E-state index in [1.54, 1.807) is 11.8 Å². The van der Waals surface area contributed by atoms with Gasteiger partial charge in [-0.2, -0.15) is 5.10 Å². The second-order valence-electron chi connectivity index (χ2n) is 8.68. The molecule has 7 nitrogen and oxygen atoms in total. The Morgan fingerprint density at radius 1 is 0.946 bits per heavy atom. The van der Waals surface area contributed by atoms with Crippen LogP contribution in [-0.4, -0.2) is 60.5 Å². The first-order valence-corrected chi connectivity index (χ1v) is 12.7. The van der Waals surface area contributed by atoms with Crippen LogP contribution in [-0.2, 0) is 0 Å². The van der Waals surface area contributed by atoms with Crippen LogP contribution in [0.2, 0.25) is 5.02 Å². The number of carbonyl (C=O) groups excluding carboxylic acids is 1. The van der Waals surface area contributed by atoms with E-state index in [2.05, 4.69) is 11.0 Å². The molecule has 1 aliphatic rings. The van der Waals surface area contributed by atoms with Gasteiger partial charge < -0.3 is 19.3 Å². The fourth-order valence-corrected chi connectivity index (χ4v) is 4.80. The molecule has 4 aromatic rings. The molecule has 0 radical (unpaired) electrons. The largest absolute Gasteiger partial charge is 0.497 e. The Bertz CT molecular complexity index is 1380. The van der Waals surface area contributed by atoms with Crippen molar-refractivity contribution in [2.45, 2.75) is 6.92 Å². The summed E-state index contributed by atoms with van der Waals surface area (Å²) in [6.07, 6.45) is 0. The third-order valence-corrected chi connectivity index (χ3v) is 6.80. The molecule has 1 amide bonds. The Balaban J connectivity index is 1.43. The van der Waals surface area contributed by atoms with Crippen LogP contribution in [0.3, 0.4) is 0 Å². The summed E-state index contributed by atoms with van der Waals surface area (Å²) in [6, 6.07) is 24.9. The van der Waals surface area contributed by atoms with Gasteiger partial charge in [0.1, 0.15) is 17.2 Å². The number of ether oxygens (including phenoxy) is 2. The molecule has 3 aromatic carbocycles. The van der Waals surface area contributed by atoms with Crippen LogP contribution in [0.5, 0.6) is 11.5 Å². The van der Waals surface area contributed by atoms with Crippen molar-refractivity contribution in [2.75, 3.05) is 44.8 Å². The Kier molecular flexibility index (Phi) is 7.32. The van der Waals surface area contributed by atoms with Crippen LogP contribution in [0.1, 0.15) is 17.4 Å². The summed E-state index contributed by atoms with van der Waals surface area (Å²) in [5.74, 6) is 1.53. The van der Waals surface area contributed by atoms with Crippen LogP contribution < -0.4 is 14.4 Å². The van der Waals surface area contributed by atoms with Gasteiger partial charge in [0.05, 0.1) is 35.8 Å². The standard InChI is InChI=1S/C29H29ClN4O3/c1-3-37-28-11-7-6-10-26(28)32-16-18-33(19-17-32)29(35)27-20-25(23-8-4-5-9-24(23)30)31-34(27)21-12-14-22(36-2)15-13-21/h4-15,20H,3,16-19H2,1-2H3. The number of anilines is 1. The smallest absolute Gasteiger partial charge is 0.272 e. The fraction of sp³-hybridized carbons (Fsp3) is 0.241. The summed E-state index contributed by atoms with van der Waals surface area (Å²) in [6.45, 7) is 5.20. The Hall–Kier alpha value is -3.97. The van der Waals surface area contributed by atoms with Gasteiger partial charge in [0, 0.05) is 31.7 Å². The third kappa shape index (κ3) is 5.13. The highest BCUT2D eigenvalue weighted by molar-refractivity contribution is 6.33. The normalized spacial score (nSPS) is 13.5. The average Bonchev–Trinajstić information content (AvgIpc) is 3.39. The molecule has 0 N–H and O–H groups in total. The molecule has 1 aromatic heterocycles. The number of hydrogen-bond donors (Lipinski definition) is 0. The average molecular weight is 517 g/mol. The van der Waals surface area contributed by atoms with E-state index in [1.165, 1.54) is 0 Å². The number of nitrogens with zero attached hydrogens (tertiary/aromatic N) is 4. The van der Waals surface area contributed by atoms with Gasteiger partial charge in [-0.15, -0.1) is 0 Å². The quantitative estimate of drug-likeness (QED) is 0.322. The summed E-state index contributed by atoms with van der Waals surface area (Å²) in [5, 5.41) is 5.38. The van der Waals surface area contributed by atoms with Gasteiger partial charge in [0.15, 0.2) is 0 Å². The van der Waals surface area contributed by atoms with Gasteiger partial charge in [-0.3, -0.25) is 4.79 Å². The van der Waals surface area contributed by atoms with Crippen LogP contribution in [0.15, 0.2) is 78.9 Å². The van der Waals surface area contributed by atoms with Gasteiger partial charge in [0.2, 0.25) is 0 Å². The molecule has 0 unspecified atom stereocenters. The Labute approximate surface area is 221 Å². The highest BCUT2D eigenvalue weighted by Gasteiger charge is 2.27. The van der Waals surface area contributed by atoms with E-state index in [1.807, 2.05) is 84.6 Å². The molecule has 1 aliphatic heterocycles. The lowest BCUT2D eigenvalue weighted by Gasteiger charge is -2.36. The highest BCUT2D eigenvalue weighted by Crippen LogP contribution is 2.31. The molecular weight excluding hydrogens is 488 g/mol. The molecule has 1 saturated heterocycles. The number of hydrogen-bond acceptors (Lipinski definition) is 5. The van der Waals surface area contributed by atoms with Gasteiger partial charge in [-0.1, -0.05) is 41.9 Å². The van der Waals surface area contributed by atoms with Crippen LogP contribution in [0.25, 0.3) is 16.9 Å². The molecule has 0 spiro atoms. The molecule has 2 heterocycles. The second-order valence-corrected chi connectivity index (χ2v) is 9.09. The number of carbonyl (C=O) groups is 1. The van der Waals surface area contributed by atoms with E-state index in [0.717, 1.165) is 28.4 Å². The molecule has 0 atom stereocenters. The van der Waals surface area contributed by atoms with Crippen LogP contribution in [0.4, 0.5) is 5.69 Å². The minimum absolute atomic E-state index is 0.0700. The molecule has 0 aliphatic carbocycles. The summed E-state index contributed by atoms with van der Waals surface area (Å²) in [5.41, 5.74) is 3.74. The zero-order chi connectivity index (χ0) is 25.8. The predicted octanol–water partition coefficient (Wildman–Crippen LogP) is 5.56. The molecule has 1 fully saturated rings. The summed E-state index contributed by atoms with van der Waals surface area (Å²) in [4.78, 5) is 18.0. The Morgan fingerprint density at radius 3 is 2.35 bits per heavy atom. The van der Waals surface area contributed by atoms with Crippen molar-refractivity contribution in [2.24, 2.45) is 0 Å². The number of aromatic nitrogens is 2. The van der Waals surface area contributed by atoms with Crippen molar-refractivity contribution in [3.05, 3.63) is 89.6 Å². The van der Waals surface area contributed by atoms with E-state index in [9.17, 15) is 4.79 Å². The number of methoxy groups -OCH3 is 1. The van der Waals surface area contributed by atoms with Crippen molar-refractivity contribution in [3.8, 4) is 28.4 Å². The van der Waals surface area contributed by atoms with Crippen molar-refractivity contribution in [1.29, 1.82) is 0 Å². The molecular formula is C29H29ClN4O3. The lowest BCUT2D eigenvalue weighted by atomic mass is 10.1. The maximum atomic E-state index is 13.8. The second kappa shape index (κ2) is 11.0. The van der Waals surface area contributed by atoms with Gasteiger partial charge >= 0.3 is 0 Å². The molecule has 0 bridgehead atoms. The maximum absolute atomic E-state index is 13.8. The first-order chi connectivity index (χ1) is 18.1. The fourth-order valence-electron chi connectivity index (χ4n) is 4.56. The molecule has 5 rings (SSSR count). The first-order valence-electron chi connectivity index (χ1n) is 12.3. The van der Waals surface area contributed by atoms with E-state index in [0.29, 0.717) is 49.2 Å². The van der Waals surface area contributed by atoms with Gasteiger partial charge in [-0.05, 0) is 55.5 Å². The number of piperazine rings is 1. The van der Waals surface area contributed by atoms with E-state index >= 15 is 0 Å². The van der Waals surface area contributed by atoms with Crippen LogP contribution >= 0.6 is 11.6 Å². The Morgan fingerprint density at radius 2 is 1.65 bits per heavy atom. The summed E-state index contributed by atoms with van der Waals surface area (Å²) >= 11 is 6.47. The predicted molar refractivity (Wildman–Crippen MR) is 146 cm³/mol. The number of rotatable bonds is 7. The lowest BCUT2D eigenvalue weighted by molar-refractivity contribution is 0.0737. The van der Waals surface area contributed by atoms with Crippen molar-refractivity contribution >= 4 is 23.2 Å². The topological polar surface area (TPSA) is 59.8 Å². The van der Waals surface area contributed by atoms with E-state index in [4.69, 9.17) is 26.2 Å². The number of halogens is 1. The zero-order valence-corrected chi connectivity index (χ0v) is 21.7. The van der Waals surface area contributed by atoms with Crippen molar-refractivity contribution in [3.63, 3.8) is 0 Å². The van der Waals surface area contributed by atoms with Gasteiger partial charge in [0.25, 0.3) is 5.91 Å². The highest BCUT2D eigenvalue weighted by atomic mass is 35.5. The monoisotopic (exact) mass is 516 g/mol. The molecule has 37 heavy (non-hydrogen) atoms. The maximum Gasteiger partial charge on any atom is 0.272 e. The van der Waals surface area contributed by atoms with Crippen molar-refractivity contribution in [1.82, 2.24) is 14.7 Å². The SMILES string of the molecule is CCOc1ccccc1N1CCN(C(=O)c2cc(-c3ccccc3Cl)nn2-c2ccc(OC)cc2)CC1. The number of benzene rings is 3.